The van der Waals surface area contributed by atoms with Crippen LogP contribution in [0.1, 0.15) is 25.7 Å². The van der Waals surface area contributed by atoms with E-state index in [1.807, 2.05) is 23.6 Å². The van der Waals surface area contributed by atoms with Crippen LogP contribution in [0.2, 0.25) is 0 Å². The topological polar surface area (TPSA) is 60.5 Å². The number of anilines is 1. The molecule has 1 amide bonds. The number of thiazole rings is 1. The number of hydrogen-bond acceptors (Lipinski definition) is 5. The minimum absolute atomic E-state index is 0.130. The van der Waals surface area contributed by atoms with E-state index in [2.05, 4.69) is 10.3 Å². The Morgan fingerprint density at radius 2 is 2.12 bits per heavy atom. The molecule has 0 saturated heterocycles. The molecular weight excluding hydrogens is 336 g/mol. The first-order chi connectivity index (χ1) is 12.2. The highest BCUT2D eigenvalue weighted by Crippen LogP contribution is 2.48. The fraction of sp³-hybridized carbons (Fsp3) is 0.474. The van der Waals surface area contributed by atoms with Crippen LogP contribution in [-0.2, 0) is 4.79 Å². The number of amides is 1. The summed E-state index contributed by atoms with van der Waals surface area (Å²) in [5.41, 5.74) is 1.64. The first-order valence-corrected chi connectivity index (χ1v) is 9.54. The Hall–Kier alpha value is -2.08. The van der Waals surface area contributed by atoms with Gasteiger partial charge in [-0.25, -0.2) is 4.98 Å². The van der Waals surface area contributed by atoms with Crippen LogP contribution in [-0.4, -0.2) is 25.1 Å². The maximum atomic E-state index is 12.6. The van der Waals surface area contributed by atoms with Crippen molar-refractivity contribution in [3.63, 3.8) is 0 Å². The Morgan fingerprint density at radius 1 is 1.24 bits per heavy atom. The second-order valence-electron chi connectivity index (χ2n) is 6.87. The zero-order valence-corrected chi connectivity index (χ0v) is 15.3. The van der Waals surface area contributed by atoms with E-state index in [9.17, 15) is 4.79 Å². The Balaban J connectivity index is 1.51. The third-order valence-corrected chi connectivity index (χ3v) is 6.25. The molecule has 6 heteroatoms. The van der Waals surface area contributed by atoms with Gasteiger partial charge in [-0.1, -0.05) is 6.42 Å². The number of nitrogens with zero attached hydrogens (tertiary/aromatic N) is 1. The molecule has 2 aliphatic carbocycles. The number of ether oxygens (including phenoxy) is 2. The standard InChI is InChI=1S/C19H22N2O3S/c1-23-13-5-6-17(24-2)15(9-13)16-10-25-19(20-16)21-18(22)14-8-11-3-4-12(14)7-11/h5-6,9-12,14H,3-4,7-8H2,1-2H3,(H,20,21,22). The number of carbonyl (C=O) groups excluding carboxylic acids is 1. The first kappa shape index (κ1) is 16.4. The van der Waals surface area contributed by atoms with E-state index < -0.39 is 0 Å². The van der Waals surface area contributed by atoms with Crippen LogP contribution in [0.15, 0.2) is 23.6 Å². The Bertz CT molecular complexity index is 789. The molecule has 3 atom stereocenters. The maximum absolute atomic E-state index is 12.6. The summed E-state index contributed by atoms with van der Waals surface area (Å²) < 4.78 is 10.7. The summed E-state index contributed by atoms with van der Waals surface area (Å²) in [4.78, 5) is 17.2. The second kappa shape index (κ2) is 6.67. The minimum atomic E-state index is 0.130. The van der Waals surface area contributed by atoms with Crippen molar-refractivity contribution in [2.24, 2.45) is 17.8 Å². The molecule has 0 aliphatic heterocycles. The number of aromatic nitrogens is 1. The van der Waals surface area contributed by atoms with Crippen molar-refractivity contribution in [1.29, 1.82) is 0 Å². The van der Waals surface area contributed by atoms with Crippen LogP contribution >= 0.6 is 11.3 Å². The fourth-order valence-corrected chi connectivity index (χ4v) is 4.95. The molecule has 0 radical (unpaired) electrons. The Morgan fingerprint density at radius 3 is 2.80 bits per heavy atom. The second-order valence-corrected chi connectivity index (χ2v) is 7.73. The molecule has 2 aromatic rings. The van der Waals surface area contributed by atoms with Gasteiger partial charge < -0.3 is 14.8 Å². The lowest BCUT2D eigenvalue weighted by Crippen LogP contribution is -2.27. The smallest absolute Gasteiger partial charge is 0.229 e. The van der Waals surface area contributed by atoms with Crippen LogP contribution in [0.5, 0.6) is 11.5 Å². The first-order valence-electron chi connectivity index (χ1n) is 8.66. The molecule has 3 unspecified atom stereocenters. The number of methoxy groups -OCH3 is 2. The molecule has 0 spiro atoms. The van der Waals surface area contributed by atoms with Crippen LogP contribution in [0.4, 0.5) is 5.13 Å². The highest BCUT2D eigenvalue weighted by atomic mass is 32.1. The van der Waals surface area contributed by atoms with Gasteiger partial charge >= 0.3 is 0 Å². The molecule has 2 saturated carbocycles. The Labute approximate surface area is 151 Å². The lowest BCUT2D eigenvalue weighted by atomic mass is 9.88. The van der Waals surface area contributed by atoms with Crippen molar-refractivity contribution in [3.8, 4) is 22.8 Å². The molecule has 1 heterocycles. The largest absolute Gasteiger partial charge is 0.497 e. The summed E-state index contributed by atoms with van der Waals surface area (Å²) in [6.07, 6.45) is 4.76. The van der Waals surface area contributed by atoms with Gasteiger partial charge in [0, 0.05) is 16.9 Å². The van der Waals surface area contributed by atoms with Gasteiger partial charge in [-0.05, 0) is 49.3 Å². The molecule has 2 bridgehead atoms. The van der Waals surface area contributed by atoms with Crippen LogP contribution in [0.25, 0.3) is 11.3 Å². The molecular formula is C19H22N2O3S. The molecule has 2 aliphatic rings. The van der Waals surface area contributed by atoms with E-state index in [0.717, 1.165) is 35.1 Å². The molecule has 1 N–H and O–H groups in total. The van der Waals surface area contributed by atoms with Gasteiger partial charge in [0.1, 0.15) is 11.5 Å². The molecule has 132 valence electrons. The summed E-state index contributed by atoms with van der Waals surface area (Å²) in [7, 11) is 3.27. The van der Waals surface area contributed by atoms with E-state index in [1.165, 1.54) is 30.6 Å². The van der Waals surface area contributed by atoms with Gasteiger partial charge in [-0.2, -0.15) is 0 Å². The van der Waals surface area contributed by atoms with Crippen LogP contribution in [0, 0.1) is 17.8 Å². The molecule has 25 heavy (non-hydrogen) atoms. The third-order valence-electron chi connectivity index (χ3n) is 5.49. The van der Waals surface area contributed by atoms with Crippen molar-refractivity contribution >= 4 is 22.4 Å². The van der Waals surface area contributed by atoms with Crippen molar-refractivity contribution in [2.75, 3.05) is 19.5 Å². The number of carbonyl (C=O) groups is 1. The normalized spacial score (nSPS) is 24.3. The summed E-state index contributed by atoms with van der Waals surface area (Å²) >= 11 is 1.44. The van der Waals surface area contributed by atoms with Gasteiger partial charge in [-0.15, -0.1) is 11.3 Å². The highest BCUT2D eigenvalue weighted by molar-refractivity contribution is 7.14. The fourth-order valence-electron chi connectivity index (χ4n) is 4.23. The maximum Gasteiger partial charge on any atom is 0.229 e. The molecule has 2 fully saturated rings. The zero-order chi connectivity index (χ0) is 17.4. The van der Waals surface area contributed by atoms with Crippen molar-refractivity contribution in [2.45, 2.75) is 25.7 Å². The number of rotatable bonds is 5. The van der Waals surface area contributed by atoms with E-state index in [1.54, 1.807) is 14.2 Å². The lowest BCUT2D eigenvalue weighted by Gasteiger charge is -2.19. The number of nitrogens with one attached hydrogen (secondary N) is 1. The van der Waals surface area contributed by atoms with Crippen LogP contribution < -0.4 is 14.8 Å². The summed E-state index contributed by atoms with van der Waals surface area (Å²) in [5, 5.41) is 5.61. The van der Waals surface area contributed by atoms with Gasteiger partial charge in [0.2, 0.25) is 5.91 Å². The molecule has 5 nitrogen and oxygen atoms in total. The quantitative estimate of drug-likeness (QED) is 0.870. The van der Waals surface area contributed by atoms with Crippen molar-refractivity contribution in [3.05, 3.63) is 23.6 Å². The van der Waals surface area contributed by atoms with Crippen LogP contribution in [0.3, 0.4) is 0 Å². The average Bonchev–Trinajstić information content (AvgIpc) is 3.37. The minimum Gasteiger partial charge on any atom is -0.497 e. The van der Waals surface area contributed by atoms with E-state index in [4.69, 9.17) is 9.47 Å². The lowest BCUT2D eigenvalue weighted by molar-refractivity contribution is -0.121. The van der Waals surface area contributed by atoms with E-state index in [0.29, 0.717) is 11.0 Å². The number of hydrogen-bond donors (Lipinski definition) is 1. The van der Waals surface area contributed by atoms with Gasteiger partial charge in [0.25, 0.3) is 0 Å². The molecule has 1 aromatic heterocycles. The summed E-state index contributed by atoms with van der Waals surface area (Å²) in [6.45, 7) is 0. The van der Waals surface area contributed by atoms with Gasteiger partial charge in [-0.3, -0.25) is 4.79 Å². The zero-order valence-electron chi connectivity index (χ0n) is 14.5. The van der Waals surface area contributed by atoms with E-state index in [-0.39, 0.29) is 11.8 Å². The number of benzene rings is 1. The summed E-state index contributed by atoms with van der Waals surface area (Å²) in [6, 6.07) is 5.61. The predicted octanol–water partition coefficient (Wildman–Crippen LogP) is 4.20. The number of fused-ring (bicyclic) bond motifs is 2. The third kappa shape index (κ3) is 3.11. The van der Waals surface area contributed by atoms with Crippen molar-refractivity contribution < 1.29 is 14.3 Å². The van der Waals surface area contributed by atoms with Gasteiger partial charge in [0.05, 0.1) is 19.9 Å². The summed E-state index contributed by atoms with van der Waals surface area (Å²) in [5.74, 6) is 3.10. The van der Waals surface area contributed by atoms with E-state index >= 15 is 0 Å². The van der Waals surface area contributed by atoms with Crippen molar-refractivity contribution in [1.82, 2.24) is 4.98 Å². The average molecular weight is 358 g/mol. The Kier molecular flexibility index (Phi) is 4.37. The molecule has 1 aromatic carbocycles. The SMILES string of the molecule is COc1ccc(OC)c(-c2csc(NC(=O)C3CC4CCC3C4)n2)c1. The predicted molar refractivity (Wildman–Crippen MR) is 98.2 cm³/mol. The van der Waals surface area contributed by atoms with Gasteiger partial charge in [0.15, 0.2) is 5.13 Å². The molecule has 4 rings (SSSR count). The highest BCUT2D eigenvalue weighted by Gasteiger charge is 2.43. The monoisotopic (exact) mass is 358 g/mol.